The Labute approximate surface area is 172 Å². The number of hydrogen-bond donors (Lipinski definition) is 3. The van der Waals surface area contributed by atoms with Crippen molar-refractivity contribution in [3.8, 4) is 0 Å². The number of amides is 2. The van der Waals surface area contributed by atoms with Crippen LogP contribution in [0.25, 0.3) is 0 Å². The van der Waals surface area contributed by atoms with Crippen molar-refractivity contribution in [2.75, 3.05) is 25.5 Å². The van der Waals surface area contributed by atoms with Gasteiger partial charge >= 0.3 is 6.03 Å². The molecule has 0 radical (unpaired) electrons. The lowest BCUT2D eigenvalue weighted by atomic mass is 9.99. The maximum atomic E-state index is 12.5. The summed E-state index contributed by atoms with van der Waals surface area (Å²) in [6.07, 6.45) is -0.774. The number of carbonyl (C=O) groups is 1. The molecule has 3 aromatic carbocycles. The van der Waals surface area contributed by atoms with Crippen molar-refractivity contribution in [3.63, 3.8) is 0 Å². The number of carbonyl (C=O) groups excluding carboxylic acids is 1. The smallest absolute Gasteiger partial charge is 0.315 e. The molecule has 0 aliphatic carbocycles. The summed E-state index contributed by atoms with van der Waals surface area (Å²) in [7, 11) is 3.93. The summed E-state index contributed by atoms with van der Waals surface area (Å²) >= 11 is 0. The fraction of sp³-hybridized carbons (Fsp3) is 0.208. The minimum absolute atomic E-state index is 0.128. The van der Waals surface area contributed by atoms with E-state index < -0.39 is 6.10 Å². The van der Waals surface area contributed by atoms with Crippen molar-refractivity contribution in [2.24, 2.45) is 0 Å². The van der Waals surface area contributed by atoms with E-state index >= 15 is 0 Å². The first-order valence-corrected chi connectivity index (χ1v) is 9.64. The van der Waals surface area contributed by atoms with Gasteiger partial charge in [0.05, 0.1) is 12.1 Å². The molecule has 150 valence electrons. The van der Waals surface area contributed by atoms with Gasteiger partial charge < -0.3 is 20.6 Å². The zero-order valence-corrected chi connectivity index (χ0v) is 16.7. The van der Waals surface area contributed by atoms with E-state index in [1.54, 1.807) is 0 Å². The summed E-state index contributed by atoms with van der Waals surface area (Å²) in [5.41, 5.74) is 3.81. The standard InChI is InChI=1S/C24H27N3O2/c1-27(2)21-15-13-18(14-16-21)22(28)17-25-24(29)26-23(19-9-5-3-6-10-19)20-11-7-4-8-12-20/h3-16,22-23,28H,17H2,1-2H3,(H2,25,26,29)/t22-/m1/s1. The van der Waals surface area contributed by atoms with Gasteiger partial charge in [0.1, 0.15) is 0 Å². The lowest BCUT2D eigenvalue weighted by Gasteiger charge is -2.21. The second kappa shape index (κ2) is 9.75. The highest BCUT2D eigenvalue weighted by atomic mass is 16.3. The van der Waals surface area contributed by atoms with Gasteiger partial charge in [0.2, 0.25) is 0 Å². The molecule has 0 spiro atoms. The van der Waals surface area contributed by atoms with Crippen LogP contribution in [0.3, 0.4) is 0 Å². The van der Waals surface area contributed by atoms with Crippen molar-refractivity contribution in [3.05, 3.63) is 102 Å². The molecular formula is C24H27N3O2. The summed E-state index contributed by atoms with van der Waals surface area (Å²) in [6, 6.07) is 26.7. The van der Waals surface area contributed by atoms with Crippen LogP contribution in [0.4, 0.5) is 10.5 Å². The molecule has 0 bridgehead atoms. The van der Waals surface area contributed by atoms with E-state index in [1.165, 1.54) is 0 Å². The van der Waals surface area contributed by atoms with E-state index in [-0.39, 0.29) is 18.6 Å². The van der Waals surface area contributed by atoms with Crippen molar-refractivity contribution in [2.45, 2.75) is 12.1 Å². The Morgan fingerprint density at radius 2 is 1.34 bits per heavy atom. The quantitative estimate of drug-likeness (QED) is 0.575. The average molecular weight is 389 g/mol. The maximum Gasteiger partial charge on any atom is 0.315 e. The van der Waals surface area contributed by atoms with Crippen molar-refractivity contribution < 1.29 is 9.90 Å². The zero-order chi connectivity index (χ0) is 20.6. The molecular weight excluding hydrogens is 362 g/mol. The summed E-state index contributed by atoms with van der Waals surface area (Å²) in [5.74, 6) is 0. The van der Waals surface area contributed by atoms with Gasteiger partial charge in [-0.3, -0.25) is 0 Å². The van der Waals surface area contributed by atoms with Crippen LogP contribution in [0.1, 0.15) is 28.8 Å². The lowest BCUT2D eigenvalue weighted by molar-refractivity contribution is 0.173. The summed E-state index contributed by atoms with van der Waals surface area (Å²) in [5, 5.41) is 16.2. The highest BCUT2D eigenvalue weighted by Gasteiger charge is 2.17. The molecule has 0 heterocycles. The number of urea groups is 1. The second-order valence-electron chi connectivity index (χ2n) is 7.11. The van der Waals surface area contributed by atoms with Gasteiger partial charge in [-0.25, -0.2) is 4.79 Å². The van der Waals surface area contributed by atoms with Crippen molar-refractivity contribution in [1.82, 2.24) is 10.6 Å². The molecule has 5 nitrogen and oxygen atoms in total. The third kappa shape index (κ3) is 5.59. The topological polar surface area (TPSA) is 64.6 Å². The maximum absolute atomic E-state index is 12.5. The van der Waals surface area contributed by atoms with Gasteiger partial charge in [0.15, 0.2) is 0 Å². The monoisotopic (exact) mass is 389 g/mol. The predicted molar refractivity (Wildman–Crippen MR) is 117 cm³/mol. The molecule has 1 atom stereocenters. The molecule has 5 heteroatoms. The first kappa shape index (κ1) is 20.4. The first-order chi connectivity index (χ1) is 14.0. The SMILES string of the molecule is CN(C)c1ccc([C@H](O)CNC(=O)NC(c2ccccc2)c2ccccc2)cc1. The second-order valence-corrected chi connectivity index (χ2v) is 7.11. The number of hydrogen-bond acceptors (Lipinski definition) is 3. The molecule has 0 aliphatic heterocycles. The minimum Gasteiger partial charge on any atom is -0.387 e. The normalized spacial score (nSPS) is 11.7. The molecule has 3 aromatic rings. The molecule has 0 unspecified atom stereocenters. The van der Waals surface area contributed by atoms with Gasteiger partial charge in [-0.05, 0) is 28.8 Å². The Balaban J connectivity index is 1.63. The van der Waals surface area contributed by atoms with Crippen LogP contribution in [0.5, 0.6) is 0 Å². The van der Waals surface area contributed by atoms with Crippen molar-refractivity contribution in [1.29, 1.82) is 0 Å². The van der Waals surface area contributed by atoms with E-state index in [9.17, 15) is 9.90 Å². The minimum atomic E-state index is -0.774. The van der Waals surface area contributed by atoms with Crippen LogP contribution in [0, 0.1) is 0 Å². The Kier molecular flexibility index (Phi) is 6.87. The number of nitrogens with zero attached hydrogens (tertiary/aromatic N) is 1. The number of benzene rings is 3. The fourth-order valence-corrected chi connectivity index (χ4v) is 3.13. The number of aliphatic hydroxyl groups excluding tert-OH is 1. The molecule has 0 aromatic heterocycles. The third-order valence-electron chi connectivity index (χ3n) is 4.79. The van der Waals surface area contributed by atoms with Crippen LogP contribution in [-0.4, -0.2) is 31.8 Å². The van der Waals surface area contributed by atoms with Crippen LogP contribution >= 0.6 is 0 Å². The van der Waals surface area contributed by atoms with Gasteiger partial charge in [-0.2, -0.15) is 0 Å². The molecule has 29 heavy (non-hydrogen) atoms. The number of aliphatic hydroxyl groups is 1. The Hall–Kier alpha value is -3.31. The average Bonchev–Trinajstić information content (AvgIpc) is 2.77. The lowest BCUT2D eigenvalue weighted by Crippen LogP contribution is -2.40. The van der Waals surface area contributed by atoms with Crippen LogP contribution in [0.15, 0.2) is 84.9 Å². The van der Waals surface area contributed by atoms with E-state index in [4.69, 9.17) is 0 Å². The van der Waals surface area contributed by atoms with E-state index in [2.05, 4.69) is 10.6 Å². The molecule has 0 saturated heterocycles. The van der Waals surface area contributed by atoms with Gasteiger partial charge in [0, 0.05) is 26.3 Å². The Morgan fingerprint density at radius 3 is 1.83 bits per heavy atom. The van der Waals surface area contributed by atoms with Crippen LogP contribution < -0.4 is 15.5 Å². The summed E-state index contributed by atoms with van der Waals surface area (Å²) in [6.45, 7) is 0.128. The highest BCUT2D eigenvalue weighted by molar-refractivity contribution is 5.75. The van der Waals surface area contributed by atoms with Gasteiger partial charge in [-0.15, -0.1) is 0 Å². The zero-order valence-electron chi connectivity index (χ0n) is 16.7. The number of rotatable bonds is 7. The molecule has 3 rings (SSSR count). The largest absolute Gasteiger partial charge is 0.387 e. The molecule has 0 fully saturated rings. The molecule has 2 amide bonds. The highest BCUT2D eigenvalue weighted by Crippen LogP contribution is 2.22. The van der Waals surface area contributed by atoms with Crippen LogP contribution in [-0.2, 0) is 0 Å². The van der Waals surface area contributed by atoms with Gasteiger partial charge in [-0.1, -0.05) is 72.8 Å². The molecule has 3 N–H and O–H groups in total. The molecule has 0 aliphatic rings. The predicted octanol–water partition coefficient (Wildman–Crippen LogP) is 3.87. The first-order valence-electron chi connectivity index (χ1n) is 9.64. The third-order valence-corrected chi connectivity index (χ3v) is 4.79. The summed E-state index contributed by atoms with van der Waals surface area (Å²) in [4.78, 5) is 14.5. The number of nitrogens with one attached hydrogen (secondary N) is 2. The van der Waals surface area contributed by atoms with E-state index in [1.807, 2.05) is 104 Å². The van der Waals surface area contributed by atoms with Gasteiger partial charge in [0.25, 0.3) is 0 Å². The molecule has 0 saturated carbocycles. The van der Waals surface area contributed by atoms with E-state index in [0.29, 0.717) is 0 Å². The van der Waals surface area contributed by atoms with E-state index in [0.717, 1.165) is 22.4 Å². The Bertz CT molecular complexity index is 857. The summed E-state index contributed by atoms with van der Waals surface area (Å²) < 4.78 is 0. The fourth-order valence-electron chi connectivity index (χ4n) is 3.13. The van der Waals surface area contributed by atoms with Crippen LogP contribution in [0.2, 0.25) is 0 Å². The Morgan fingerprint density at radius 1 is 0.828 bits per heavy atom. The van der Waals surface area contributed by atoms with Crippen molar-refractivity contribution >= 4 is 11.7 Å². The number of anilines is 1.